The van der Waals surface area contributed by atoms with Crippen LogP contribution in [0.5, 0.6) is 0 Å². The van der Waals surface area contributed by atoms with Gasteiger partial charge in [0, 0.05) is 6.42 Å². The van der Waals surface area contributed by atoms with Gasteiger partial charge in [0.2, 0.25) is 0 Å². The van der Waals surface area contributed by atoms with Crippen molar-refractivity contribution in [3.05, 3.63) is 35.9 Å². The van der Waals surface area contributed by atoms with Gasteiger partial charge in [-0.2, -0.15) is 0 Å². The first kappa shape index (κ1) is 9.45. The predicted molar refractivity (Wildman–Crippen MR) is 50.0 cm³/mol. The van der Waals surface area contributed by atoms with Gasteiger partial charge in [0.05, 0.1) is 0 Å². The van der Waals surface area contributed by atoms with Crippen LogP contribution >= 0.6 is 0 Å². The second-order valence-corrected chi connectivity index (χ2v) is 2.77. The summed E-state index contributed by atoms with van der Waals surface area (Å²) in [6.07, 6.45) is 0.288. The summed E-state index contributed by atoms with van der Waals surface area (Å²) in [5.74, 6) is -0.159. The predicted octanol–water partition coefficient (Wildman–Crippen LogP) is 1.65. The Morgan fingerprint density at radius 2 is 2.00 bits per heavy atom. The zero-order chi connectivity index (χ0) is 9.68. The molecule has 0 atom stereocenters. The summed E-state index contributed by atoms with van der Waals surface area (Å²) in [7, 11) is 0. The molecule has 13 heavy (non-hydrogen) atoms. The molecular formula is C10H11NO2. The van der Waals surface area contributed by atoms with Gasteiger partial charge in [-0.1, -0.05) is 35.5 Å². The number of carbonyl (C=O) groups excluding carboxylic acids is 1. The monoisotopic (exact) mass is 177 g/mol. The molecule has 0 aromatic heterocycles. The van der Waals surface area contributed by atoms with Gasteiger partial charge in [-0.25, -0.2) is 0 Å². The van der Waals surface area contributed by atoms with Crippen LogP contribution in [0.25, 0.3) is 0 Å². The van der Waals surface area contributed by atoms with E-state index in [0.717, 1.165) is 5.56 Å². The van der Waals surface area contributed by atoms with Gasteiger partial charge in [0.1, 0.15) is 5.71 Å². The van der Waals surface area contributed by atoms with Crippen LogP contribution in [0.1, 0.15) is 12.5 Å². The summed E-state index contributed by atoms with van der Waals surface area (Å²) in [5.41, 5.74) is 1.07. The summed E-state index contributed by atoms with van der Waals surface area (Å²) < 4.78 is 0. The summed E-state index contributed by atoms with van der Waals surface area (Å²) in [6, 6.07) is 9.36. The molecule has 3 nitrogen and oxygen atoms in total. The van der Waals surface area contributed by atoms with E-state index < -0.39 is 0 Å². The zero-order valence-electron chi connectivity index (χ0n) is 7.40. The molecule has 1 N–H and O–H groups in total. The summed E-state index contributed by atoms with van der Waals surface area (Å²) >= 11 is 0. The molecule has 1 aromatic rings. The van der Waals surface area contributed by atoms with Crippen LogP contribution < -0.4 is 0 Å². The zero-order valence-corrected chi connectivity index (χ0v) is 7.40. The summed E-state index contributed by atoms with van der Waals surface area (Å²) in [4.78, 5) is 11.3. The van der Waals surface area contributed by atoms with E-state index in [-0.39, 0.29) is 17.9 Å². The topological polar surface area (TPSA) is 49.7 Å². The highest BCUT2D eigenvalue weighted by atomic mass is 16.4. The Bertz CT molecular complexity index is 317. The summed E-state index contributed by atoms with van der Waals surface area (Å²) in [5, 5.41) is 11.2. The Morgan fingerprint density at radius 3 is 2.54 bits per heavy atom. The first-order valence-corrected chi connectivity index (χ1v) is 4.00. The third kappa shape index (κ3) is 2.71. The molecule has 0 heterocycles. The number of hydrogen-bond donors (Lipinski definition) is 1. The van der Waals surface area contributed by atoms with E-state index in [1.165, 1.54) is 6.92 Å². The maximum atomic E-state index is 11.3. The van der Waals surface area contributed by atoms with Crippen LogP contribution in [0.15, 0.2) is 35.5 Å². The van der Waals surface area contributed by atoms with E-state index in [0.29, 0.717) is 0 Å². The van der Waals surface area contributed by atoms with Crippen LogP contribution in [0, 0.1) is 0 Å². The molecule has 1 aromatic carbocycles. The molecule has 0 bridgehead atoms. The lowest BCUT2D eigenvalue weighted by Crippen LogP contribution is -2.12. The first-order chi connectivity index (χ1) is 6.24. The van der Waals surface area contributed by atoms with Crippen molar-refractivity contribution in [3.8, 4) is 0 Å². The first-order valence-electron chi connectivity index (χ1n) is 4.00. The van der Waals surface area contributed by atoms with Gasteiger partial charge >= 0.3 is 0 Å². The van der Waals surface area contributed by atoms with E-state index in [9.17, 15) is 4.79 Å². The van der Waals surface area contributed by atoms with Crippen molar-refractivity contribution in [1.29, 1.82) is 0 Å². The number of hydrogen-bond acceptors (Lipinski definition) is 3. The smallest absolute Gasteiger partial charge is 0.184 e. The van der Waals surface area contributed by atoms with E-state index in [1.807, 2.05) is 30.3 Å². The lowest BCUT2D eigenvalue weighted by atomic mass is 10.1. The number of benzene rings is 1. The minimum Gasteiger partial charge on any atom is -0.411 e. The Labute approximate surface area is 76.7 Å². The van der Waals surface area contributed by atoms with E-state index in [1.54, 1.807) is 0 Å². The molecule has 0 saturated heterocycles. The van der Waals surface area contributed by atoms with Gasteiger partial charge in [0.15, 0.2) is 5.78 Å². The molecule has 0 saturated carbocycles. The fourth-order valence-corrected chi connectivity index (χ4v) is 0.965. The third-order valence-corrected chi connectivity index (χ3v) is 1.76. The molecule has 68 valence electrons. The van der Waals surface area contributed by atoms with Gasteiger partial charge in [-0.3, -0.25) is 4.79 Å². The average Bonchev–Trinajstić information content (AvgIpc) is 2.18. The number of rotatable bonds is 3. The number of carbonyl (C=O) groups is 1. The number of ketones is 1. The van der Waals surface area contributed by atoms with Crippen LogP contribution in [-0.2, 0) is 11.2 Å². The highest BCUT2D eigenvalue weighted by molar-refractivity contribution is 6.39. The molecule has 0 spiro atoms. The standard InChI is InChI=1S/C10H11NO2/c1-8(11-13)10(12)7-9-5-3-2-4-6-9/h2-6,13H,7H2,1H3. The van der Waals surface area contributed by atoms with E-state index in [4.69, 9.17) is 5.21 Å². The molecule has 3 heteroatoms. The number of Topliss-reactive ketones (excluding diaryl/α,β-unsaturated/α-hetero) is 1. The summed E-state index contributed by atoms with van der Waals surface area (Å²) in [6.45, 7) is 1.49. The minimum absolute atomic E-state index is 0.142. The van der Waals surface area contributed by atoms with Gasteiger partial charge in [0.25, 0.3) is 0 Å². The van der Waals surface area contributed by atoms with E-state index >= 15 is 0 Å². The molecule has 0 aliphatic rings. The van der Waals surface area contributed by atoms with Gasteiger partial charge in [-0.05, 0) is 12.5 Å². The van der Waals surface area contributed by atoms with Crippen LogP contribution in [0.4, 0.5) is 0 Å². The Balaban J connectivity index is 2.66. The lowest BCUT2D eigenvalue weighted by Gasteiger charge is -1.98. The maximum absolute atomic E-state index is 11.3. The Morgan fingerprint density at radius 1 is 1.38 bits per heavy atom. The lowest BCUT2D eigenvalue weighted by molar-refractivity contribution is -0.112. The molecule has 0 amide bonds. The fraction of sp³-hybridized carbons (Fsp3) is 0.200. The minimum atomic E-state index is -0.159. The van der Waals surface area contributed by atoms with Crippen molar-refractivity contribution in [2.45, 2.75) is 13.3 Å². The Kier molecular flexibility index (Phi) is 3.20. The van der Waals surface area contributed by atoms with Crippen molar-refractivity contribution in [3.63, 3.8) is 0 Å². The van der Waals surface area contributed by atoms with Crippen molar-refractivity contribution < 1.29 is 10.0 Å². The van der Waals surface area contributed by atoms with Crippen molar-refractivity contribution in [2.75, 3.05) is 0 Å². The highest BCUT2D eigenvalue weighted by Crippen LogP contribution is 2.00. The quantitative estimate of drug-likeness (QED) is 0.433. The largest absolute Gasteiger partial charge is 0.411 e. The molecular weight excluding hydrogens is 166 g/mol. The average molecular weight is 177 g/mol. The fourth-order valence-electron chi connectivity index (χ4n) is 0.965. The van der Waals surface area contributed by atoms with Gasteiger partial charge < -0.3 is 5.21 Å². The normalized spacial score (nSPS) is 11.3. The molecule has 1 rings (SSSR count). The van der Waals surface area contributed by atoms with E-state index in [2.05, 4.69) is 5.16 Å². The van der Waals surface area contributed by atoms with Crippen LogP contribution in [-0.4, -0.2) is 16.7 Å². The van der Waals surface area contributed by atoms with Crippen molar-refractivity contribution in [1.82, 2.24) is 0 Å². The van der Waals surface area contributed by atoms with Crippen LogP contribution in [0.3, 0.4) is 0 Å². The number of oxime groups is 1. The van der Waals surface area contributed by atoms with Gasteiger partial charge in [-0.15, -0.1) is 0 Å². The third-order valence-electron chi connectivity index (χ3n) is 1.76. The van der Waals surface area contributed by atoms with Crippen LogP contribution in [0.2, 0.25) is 0 Å². The SMILES string of the molecule is CC(=NO)C(=O)Cc1ccccc1. The second-order valence-electron chi connectivity index (χ2n) is 2.77. The van der Waals surface area contributed by atoms with Crippen molar-refractivity contribution in [2.24, 2.45) is 5.16 Å². The highest BCUT2D eigenvalue weighted by Gasteiger charge is 2.06. The molecule has 0 aliphatic heterocycles. The maximum Gasteiger partial charge on any atom is 0.184 e. The molecule has 0 fully saturated rings. The second kappa shape index (κ2) is 4.40. The van der Waals surface area contributed by atoms with Crippen molar-refractivity contribution >= 4 is 11.5 Å². The molecule has 0 unspecified atom stereocenters. The Hall–Kier alpha value is -1.64. The number of nitrogens with zero attached hydrogens (tertiary/aromatic N) is 1. The molecule has 0 radical (unpaired) electrons. The molecule has 0 aliphatic carbocycles.